The van der Waals surface area contributed by atoms with Crippen LogP contribution in [0.4, 0.5) is 13.2 Å². The molecule has 0 saturated carbocycles. The zero-order chi connectivity index (χ0) is 14.8. The third kappa shape index (κ3) is 4.11. The molecule has 20 heavy (non-hydrogen) atoms. The van der Waals surface area contributed by atoms with Crippen LogP contribution in [0, 0.1) is 0 Å². The number of rotatable bonds is 3. The summed E-state index contributed by atoms with van der Waals surface area (Å²) in [6.07, 6.45) is -4.43. The number of nitrogens with one attached hydrogen (secondary N) is 1. The molecule has 1 aromatic carbocycles. The molecule has 0 bridgehead atoms. The van der Waals surface area contributed by atoms with E-state index < -0.39 is 11.7 Å². The zero-order valence-electron chi connectivity index (χ0n) is 11.5. The molecule has 0 aliphatic carbocycles. The van der Waals surface area contributed by atoms with E-state index in [1.165, 1.54) is 12.1 Å². The molecule has 0 spiro atoms. The van der Waals surface area contributed by atoms with Gasteiger partial charge in [0.05, 0.1) is 11.2 Å². The molecule has 112 valence electrons. The summed E-state index contributed by atoms with van der Waals surface area (Å²) in [4.78, 5) is 0. The van der Waals surface area contributed by atoms with Gasteiger partial charge in [0.1, 0.15) is 18.5 Å². The van der Waals surface area contributed by atoms with Crippen molar-refractivity contribution in [3.63, 3.8) is 0 Å². The number of halogens is 3. The number of alkyl halides is 3. The summed E-state index contributed by atoms with van der Waals surface area (Å²) in [7, 11) is 0. The minimum Gasteiger partial charge on any atom is -0.491 e. The van der Waals surface area contributed by atoms with E-state index in [9.17, 15) is 13.2 Å². The smallest absolute Gasteiger partial charge is 0.416 e. The number of morpholine rings is 1. The summed E-state index contributed by atoms with van der Waals surface area (Å²) >= 11 is 0. The van der Waals surface area contributed by atoms with Gasteiger partial charge in [-0.1, -0.05) is 0 Å². The Balaban J connectivity index is 1.88. The lowest BCUT2D eigenvalue weighted by atomic mass is 10.1. The molecule has 1 aliphatic rings. The fourth-order valence-electron chi connectivity index (χ4n) is 2.09. The third-order valence-corrected chi connectivity index (χ3v) is 3.03. The summed E-state index contributed by atoms with van der Waals surface area (Å²) < 4.78 is 48.5. The highest BCUT2D eigenvalue weighted by atomic mass is 19.4. The fraction of sp³-hybridized carbons (Fsp3) is 0.571. The van der Waals surface area contributed by atoms with Crippen LogP contribution in [0.2, 0.25) is 0 Å². The maximum atomic E-state index is 12.4. The van der Waals surface area contributed by atoms with Crippen molar-refractivity contribution in [2.75, 3.05) is 19.7 Å². The van der Waals surface area contributed by atoms with Crippen molar-refractivity contribution in [2.45, 2.75) is 31.7 Å². The monoisotopic (exact) mass is 289 g/mol. The highest BCUT2D eigenvalue weighted by Crippen LogP contribution is 2.30. The largest absolute Gasteiger partial charge is 0.491 e. The van der Waals surface area contributed by atoms with Crippen LogP contribution in [-0.4, -0.2) is 31.4 Å². The molecule has 0 aromatic heterocycles. The van der Waals surface area contributed by atoms with Gasteiger partial charge >= 0.3 is 6.18 Å². The number of benzene rings is 1. The first-order valence-electron chi connectivity index (χ1n) is 6.45. The van der Waals surface area contributed by atoms with E-state index in [2.05, 4.69) is 5.32 Å². The molecule has 1 fully saturated rings. The third-order valence-electron chi connectivity index (χ3n) is 3.03. The van der Waals surface area contributed by atoms with Crippen molar-refractivity contribution in [2.24, 2.45) is 0 Å². The Morgan fingerprint density at radius 2 is 1.95 bits per heavy atom. The lowest BCUT2D eigenvalue weighted by Gasteiger charge is -2.36. The minimum atomic E-state index is -4.32. The Bertz CT molecular complexity index is 443. The van der Waals surface area contributed by atoms with Gasteiger partial charge in [0.15, 0.2) is 0 Å². The second kappa shape index (κ2) is 5.61. The lowest BCUT2D eigenvalue weighted by molar-refractivity contribution is -0.137. The molecule has 6 heteroatoms. The topological polar surface area (TPSA) is 30.5 Å². The molecule has 0 radical (unpaired) electrons. The van der Waals surface area contributed by atoms with E-state index in [1.807, 2.05) is 13.8 Å². The van der Waals surface area contributed by atoms with Crippen LogP contribution < -0.4 is 10.1 Å². The zero-order valence-corrected chi connectivity index (χ0v) is 11.5. The molecule has 2 rings (SSSR count). The minimum absolute atomic E-state index is 0.110. The SMILES string of the molecule is CC1(C)CNCC(COc2ccc(C(F)(F)F)cc2)O1. The van der Waals surface area contributed by atoms with E-state index >= 15 is 0 Å². The van der Waals surface area contributed by atoms with Crippen LogP contribution in [0.5, 0.6) is 5.75 Å². The van der Waals surface area contributed by atoms with E-state index in [4.69, 9.17) is 9.47 Å². The van der Waals surface area contributed by atoms with Gasteiger partial charge in [-0.15, -0.1) is 0 Å². The molecule has 1 aliphatic heterocycles. The van der Waals surface area contributed by atoms with E-state index in [-0.39, 0.29) is 11.7 Å². The van der Waals surface area contributed by atoms with Gasteiger partial charge in [0.2, 0.25) is 0 Å². The maximum absolute atomic E-state index is 12.4. The van der Waals surface area contributed by atoms with Crippen LogP contribution in [-0.2, 0) is 10.9 Å². The summed E-state index contributed by atoms with van der Waals surface area (Å²) in [6, 6.07) is 4.67. The van der Waals surface area contributed by atoms with Crippen LogP contribution in [0.25, 0.3) is 0 Å². The second-order valence-corrected chi connectivity index (χ2v) is 5.46. The van der Waals surface area contributed by atoms with E-state index in [1.54, 1.807) is 0 Å². The second-order valence-electron chi connectivity index (χ2n) is 5.46. The molecule has 1 atom stereocenters. The fourth-order valence-corrected chi connectivity index (χ4v) is 2.09. The Morgan fingerprint density at radius 3 is 2.50 bits per heavy atom. The highest BCUT2D eigenvalue weighted by Gasteiger charge is 2.30. The number of ether oxygens (including phenoxy) is 2. The predicted molar refractivity (Wildman–Crippen MR) is 68.8 cm³/mol. The molecule has 0 amide bonds. The molecular formula is C14H18F3NO2. The molecule has 1 aromatic rings. The van der Waals surface area contributed by atoms with Gasteiger partial charge in [-0.3, -0.25) is 0 Å². The van der Waals surface area contributed by atoms with Gasteiger partial charge in [-0.2, -0.15) is 13.2 Å². The van der Waals surface area contributed by atoms with Crippen molar-refractivity contribution in [3.05, 3.63) is 29.8 Å². The van der Waals surface area contributed by atoms with Crippen molar-refractivity contribution in [3.8, 4) is 5.75 Å². The average molecular weight is 289 g/mol. The molecular weight excluding hydrogens is 271 g/mol. The first kappa shape index (κ1) is 15.1. The molecule has 3 nitrogen and oxygen atoms in total. The average Bonchev–Trinajstić information content (AvgIpc) is 2.35. The van der Waals surface area contributed by atoms with Crippen molar-refractivity contribution in [1.82, 2.24) is 5.32 Å². The molecule has 1 saturated heterocycles. The maximum Gasteiger partial charge on any atom is 0.416 e. The molecule has 1 heterocycles. The Hall–Kier alpha value is -1.27. The number of hydrogen-bond acceptors (Lipinski definition) is 3. The first-order valence-corrected chi connectivity index (χ1v) is 6.45. The summed E-state index contributed by atoms with van der Waals surface area (Å²) in [6.45, 7) is 5.70. The van der Waals surface area contributed by atoms with Crippen LogP contribution in [0.1, 0.15) is 19.4 Å². The standard InChI is InChI=1S/C14H18F3NO2/c1-13(2)9-18-7-12(20-13)8-19-11-5-3-10(4-6-11)14(15,16)17/h3-6,12,18H,7-9H2,1-2H3. The Labute approximate surface area is 116 Å². The van der Waals surface area contributed by atoms with Crippen molar-refractivity contribution in [1.29, 1.82) is 0 Å². The van der Waals surface area contributed by atoms with Gasteiger partial charge in [-0.25, -0.2) is 0 Å². The predicted octanol–water partition coefficient (Wildman–Crippen LogP) is 2.85. The van der Waals surface area contributed by atoms with Gasteiger partial charge in [0.25, 0.3) is 0 Å². The number of hydrogen-bond donors (Lipinski definition) is 1. The van der Waals surface area contributed by atoms with E-state index in [0.717, 1.165) is 18.7 Å². The van der Waals surface area contributed by atoms with Crippen molar-refractivity contribution < 1.29 is 22.6 Å². The van der Waals surface area contributed by atoms with Gasteiger partial charge < -0.3 is 14.8 Å². The molecule has 1 N–H and O–H groups in total. The lowest BCUT2D eigenvalue weighted by Crippen LogP contribution is -2.52. The Morgan fingerprint density at radius 1 is 1.30 bits per heavy atom. The summed E-state index contributed by atoms with van der Waals surface area (Å²) in [5, 5.41) is 3.24. The van der Waals surface area contributed by atoms with Gasteiger partial charge in [-0.05, 0) is 38.1 Å². The van der Waals surface area contributed by atoms with E-state index in [0.29, 0.717) is 18.9 Å². The quantitative estimate of drug-likeness (QED) is 0.928. The van der Waals surface area contributed by atoms with Gasteiger partial charge in [0, 0.05) is 13.1 Å². The van der Waals surface area contributed by atoms with Crippen molar-refractivity contribution >= 4 is 0 Å². The van der Waals surface area contributed by atoms with Crippen LogP contribution in [0.3, 0.4) is 0 Å². The molecule has 1 unspecified atom stereocenters. The van der Waals surface area contributed by atoms with Crippen LogP contribution in [0.15, 0.2) is 24.3 Å². The highest BCUT2D eigenvalue weighted by molar-refractivity contribution is 5.28. The summed E-state index contributed by atoms with van der Waals surface area (Å²) in [5.41, 5.74) is -0.937. The first-order chi connectivity index (χ1) is 9.26. The normalized spacial score (nSPS) is 22.6. The summed E-state index contributed by atoms with van der Waals surface area (Å²) in [5.74, 6) is 0.407. The van der Waals surface area contributed by atoms with Crippen LogP contribution >= 0.6 is 0 Å². The Kier molecular flexibility index (Phi) is 4.25.